The lowest BCUT2D eigenvalue weighted by Gasteiger charge is -2.36. The first kappa shape index (κ1) is 25.3. The summed E-state index contributed by atoms with van der Waals surface area (Å²) in [5.41, 5.74) is 0.409. The van der Waals surface area contributed by atoms with Crippen LogP contribution >= 0.6 is 0 Å². The number of pyridine rings is 1. The second-order valence-corrected chi connectivity index (χ2v) is 16.8. The van der Waals surface area contributed by atoms with E-state index in [-0.39, 0.29) is 12.6 Å². The number of fused-ring (bicyclic) bond motifs is 1. The lowest BCUT2D eigenvalue weighted by molar-refractivity contribution is -0.0894. The molecule has 1 N–H and O–H groups in total. The van der Waals surface area contributed by atoms with Gasteiger partial charge in [0.2, 0.25) is 0 Å². The van der Waals surface area contributed by atoms with E-state index >= 15 is 0 Å². The Morgan fingerprint density at radius 1 is 1.22 bits per heavy atom. The fourth-order valence-corrected chi connectivity index (χ4v) is 5.64. The van der Waals surface area contributed by atoms with Crippen molar-refractivity contribution in [3.8, 4) is 5.82 Å². The summed E-state index contributed by atoms with van der Waals surface area (Å²) in [7, 11) is -1.17. The summed E-state index contributed by atoms with van der Waals surface area (Å²) in [5.74, 6) is 1.59. The quantitative estimate of drug-likeness (QED) is 0.362. The summed E-state index contributed by atoms with van der Waals surface area (Å²) in [6, 6.07) is 5.20. The van der Waals surface area contributed by atoms with E-state index in [2.05, 4.69) is 36.6 Å². The maximum Gasteiger partial charge on any atom is 0.167 e. The van der Waals surface area contributed by atoms with Crippen molar-refractivity contribution in [2.75, 3.05) is 44.5 Å². The van der Waals surface area contributed by atoms with E-state index in [0.29, 0.717) is 45.2 Å². The van der Waals surface area contributed by atoms with Crippen molar-refractivity contribution in [1.29, 1.82) is 0 Å². The minimum Gasteiger partial charge on any atom is -0.383 e. The molecule has 0 radical (unpaired) electrons. The lowest BCUT2D eigenvalue weighted by Crippen LogP contribution is -2.44. The minimum absolute atomic E-state index is 0.176. The molecule has 36 heavy (non-hydrogen) atoms. The molecule has 0 amide bonds. The summed E-state index contributed by atoms with van der Waals surface area (Å²) in [6.07, 6.45) is 4.99. The van der Waals surface area contributed by atoms with Crippen LogP contribution in [0.1, 0.15) is 25.3 Å². The highest BCUT2D eigenvalue weighted by Crippen LogP contribution is 2.37. The Bertz CT molecular complexity index is 1180. The molecular weight excluding hydrogens is 476 g/mol. The highest BCUT2D eigenvalue weighted by Gasteiger charge is 2.36. The van der Waals surface area contributed by atoms with Crippen LogP contribution in [0.5, 0.6) is 0 Å². The first-order chi connectivity index (χ1) is 17.3. The zero-order chi connectivity index (χ0) is 25.3. The Morgan fingerprint density at radius 3 is 2.83 bits per heavy atom. The first-order valence-electron chi connectivity index (χ1n) is 12.9. The summed E-state index contributed by atoms with van der Waals surface area (Å²) in [4.78, 5) is 7.31. The lowest BCUT2D eigenvalue weighted by atomic mass is 9.87. The molecule has 196 valence electrons. The maximum absolute atomic E-state index is 11.7. The fraction of sp³-hybridized carbons (Fsp3) is 0.640. The summed E-state index contributed by atoms with van der Waals surface area (Å²) in [5, 5.41) is 21.7. The van der Waals surface area contributed by atoms with Gasteiger partial charge in [-0.15, -0.1) is 0 Å². The van der Waals surface area contributed by atoms with Gasteiger partial charge in [0.05, 0.1) is 38.3 Å². The number of rotatable bonds is 8. The Hall–Kier alpha value is -2.31. The van der Waals surface area contributed by atoms with E-state index < -0.39 is 13.7 Å². The minimum atomic E-state index is -1.17. The molecule has 0 aromatic carbocycles. The summed E-state index contributed by atoms with van der Waals surface area (Å²) < 4.78 is 20.9. The van der Waals surface area contributed by atoms with Crippen LogP contribution in [0.15, 0.2) is 24.5 Å². The van der Waals surface area contributed by atoms with Gasteiger partial charge in [0, 0.05) is 44.8 Å². The van der Waals surface area contributed by atoms with Gasteiger partial charge < -0.3 is 24.2 Å². The van der Waals surface area contributed by atoms with E-state index in [1.54, 1.807) is 21.8 Å². The Balaban J connectivity index is 1.54. The van der Waals surface area contributed by atoms with Gasteiger partial charge in [-0.3, -0.25) is 0 Å². The molecule has 2 aliphatic rings. The predicted molar refractivity (Wildman–Crippen MR) is 140 cm³/mol. The molecule has 1 unspecified atom stereocenters. The number of aliphatic hydroxyl groups is 1. The van der Waals surface area contributed by atoms with Gasteiger partial charge in [0.1, 0.15) is 18.1 Å². The van der Waals surface area contributed by atoms with Crippen molar-refractivity contribution >= 4 is 24.9 Å². The van der Waals surface area contributed by atoms with Gasteiger partial charge in [0.15, 0.2) is 11.5 Å². The fourth-order valence-electron chi connectivity index (χ4n) is 4.88. The largest absolute Gasteiger partial charge is 0.383 e. The van der Waals surface area contributed by atoms with Crippen molar-refractivity contribution < 1.29 is 19.3 Å². The van der Waals surface area contributed by atoms with E-state index in [1.165, 1.54) is 0 Å². The van der Waals surface area contributed by atoms with Crippen LogP contribution in [0, 0.1) is 0 Å². The molecule has 0 aliphatic carbocycles. The van der Waals surface area contributed by atoms with E-state index in [9.17, 15) is 5.11 Å². The molecular formula is C25H38N6O4Si. The number of ether oxygens (including phenoxy) is 3. The topological polar surface area (TPSA) is 99.7 Å². The maximum atomic E-state index is 11.7. The molecule has 0 bridgehead atoms. The van der Waals surface area contributed by atoms with Crippen LogP contribution in [0.4, 0.5) is 5.82 Å². The molecule has 0 saturated carbocycles. The van der Waals surface area contributed by atoms with Crippen LogP contribution in [0.25, 0.3) is 16.9 Å². The van der Waals surface area contributed by atoms with Gasteiger partial charge in [-0.2, -0.15) is 14.9 Å². The smallest absolute Gasteiger partial charge is 0.167 e. The molecule has 3 aromatic rings. The number of morpholine rings is 1. The normalized spacial score (nSPS) is 23.5. The average Bonchev–Trinajstić information content (AvgIpc) is 3.48. The zero-order valence-electron chi connectivity index (χ0n) is 21.8. The van der Waals surface area contributed by atoms with Crippen LogP contribution in [-0.2, 0) is 26.5 Å². The monoisotopic (exact) mass is 514 g/mol. The number of aromatic nitrogens is 5. The number of hydrogen-bond donors (Lipinski definition) is 1. The van der Waals surface area contributed by atoms with E-state index in [4.69, 9.17) is 24.3 Å². The Kier molecular flexibility index (Phi) is 7.19. The Labute approximate surface area is 213 Å². The van der Waals surface area contributed by atoms with Crippen LogP contribution in [0.2, 0.25) is 25.7 Å². The van der Waals surface area contributed by atoms with Crippen molar-refractivity contribution in [1.82, 2.24) is 24.5 Å². The highest BCUT2D eigenvalue weighted by molar-refractivity contribution is 6.76. The van der Waals surface area contributed by atoms with Gasteiger partial charge in [-0.25, -0.2) is 9.67 Å². The molecule has 2 atom stereocenters. The molecule has 0 spiro atoms. The number of nitrogens with zero attached hydrogens (tertiary/aromatic N) is 6. The highest BCUT2D eigenvalue weighted by atomic mass is 28.3. The zero-order valence-corrected chi connectivity index (χ0v) is 22.8. The van der Waals surface area contributed by atoms with Crippen LogP contribution in [0.3, 0.4) is 0 Å². The van der Waals surface area contributed by atoms with Crippen molar-refractivity contribution in [3.05, 3.63) is 30.1 Å². The molecule has 10 nitrogen and oxygen atoms in total. The average molecular weight is 515 g/mol. The van der Waals surface area contributed by atoms with E-state index in [0.717, 1.165) is 41.6 Å². The van der Waals surface area contributed by atoms with Gasteiger partial charge in [-0.1, -0.05) is 19.6 Å². The molecule has 2 fully saturated rings. The van der Waals surface area contributed by atoms with Crippen molar-refractivity contribution in [2.45, 2.75) is 63.8 Å². The van der Waals surface area contributed by atoms with Crippen LogP contribution < -0.4 is 4.90 Å². The predicted octanol–water partition coefficient (Wildman–Crippen LogP) is 3.15. The molecule has 3 aromatic heterocycles. The molecule has 2 aliphatic heterocycles. The SMILES string of the molecule is C[C@@H]1COCCN1c1cc(C2(O)CCCOC2)c2cnn(-c3ccnn3COCC[Si](C)(C)C)c2n1. The first-order valence-corrected chi connectivity index (χ1v) is 16.6. The summed E-state index contributed by atoms with van der Waals surface area (Å²) in [6.45, 7) is 13.2. The van der Waals surface area contributed by atoms with Gasteiger partial charge in [0.25, 0.3) is 0 Å². The number of hydrogen-bond acceptors (Lipinski definition) is 8. The second kappa shape index (κ2) is 10.2. The molecule has 2 saturated heterocycles. The standard InChI is InChI=1S/C25H38N6O4Si/c1-19-16-33-11-9-29(19)22-14-21(25(32)7-5-10-34-17-25)20-15-27-31(24(20)28-22)23-6-8-26-30(23)18-35-12-13-36(2,3)4/h6,8,14-15,19,32H,5,7,9-13,16-18H2,1-4H3/t19-,25?/m1/s1. The van der Waals surface area contributed by atoms with Crippen LogP contribution in [-0.4, -0.2) is 83.3 Å². The Morgan fingerprint density at radius 2 is 2.08 bits per heavy atom. The van der Waals surface area contributed by atoms with Crippen molar-refractivity contribution in [3.63, 3.8) is 0 Å². The van der Waals surface area contributed by atoms with Crippen molar-refractivity contribution in [2.24, 2.45) is 0 Å². The third kappa shape index (κ3) is 5.21. The van der Waals surface area contributed by atoms with Gasteiger partial charge in [-0.05, 0) is 31.9 Å². The molecule has 11 heteroatoms. The van der Waals surface area contributed by atoms with Gasteiger partial charge >= 0.3 is 0 Å². The molecule has 5 heterocycles. The van der Waals surface area contributed by atoms with E-state index in [1.807, 2.05) is 12.1 Å². The molecule has 5 rings (SSSR count). The second-order valence-electron chi connectivity index (χ2n) is 11.2. The third-order valence-corrected chi connectivity index (χ3v) is 8.74. The summed E-state index contributed by atoms with van der Waals surface area (Å²) >= 11 is 0. The number of anilines is 1. The third-order valence-electron chi connectivity index (χ3n) is 7.03.